The number of hydrogen-bond acceptors (Lipinski definition) is 5. The maximum absolute atomic E-state index is 11.6. The van der Waals surface area contributed by atoms with Gasteiger partial charge in [0.15, 0.2) is 15.7 Å². The van der Waals surface area contributed by atoms with Gasteiger partial charge in [-0.2, -0.15) is 4.80 Å². The molecule has 0 saturated heterocycles. The molecule has 0 fully saturated rings. The molecule has 0 atom stereocenters. The van der Waals surface area contributed by atoms with Gasteiger partial charge in [0.25, 0.3) is 0 Å². The molecule has 1 heterocycles. The Balaban J connectivity index is 2.73. The number of halogens is 1. The number of sulfone groups is 1. The van der Waals surface area contributed by atoms with Crippen LogP contribution in [0, 0.1) is 0 Å². The Labute approximate surface area is 92.8 Å². The van der Waals surface area contributed by atoms with E-state index in [2.05, 4.69) is 15.4 Å². The molecule has 0 bridgehead atoms. The van der Waals surface area contributed by atoms with E-state index in [0.29, 0.717) is 5.57 Å². The van der Waals surface area contributed by atoms with Crippen molar-refractivity contribution >= 4 is 21.4 Å². The molecule has 8 heteroatoms. The number of tetrazole rings is 1. The molecular formula is C7H11ClN4O2S. The lowest BCUT2D eigenvalue weighted by atomic mass is 10.4. The first-order valence-electron chi connectivity index (χ1n) is 4.12. The van der Waals surface area contributed by atoms with Crippen molar-refractivity contribution in [3.63, 3.8) is 0 Å². The SMILES string of the molecule is C/C(=C\Cl)CS(=O)(=O)Cc1nnn(C)n1. The molecule has 0 aromatic carbocycles. The van der Waals surface area contributed by atoms with Crippen molar-refractivity contribution in [2.75, 3.05) is 5.75 Å². The van der Waals surface area contributed by atoms with E-state index >= 15 is 0 Å². The largest absolute Gasteiger partial charge is 0.228 e. The van der Waals surface area contributed by atoms with Crippen molar-refractivity contribution in [3.8, 4) is 0 Å². The van der Waals surface area contributed by atoms with Crippen molar-refractivity contribution in [1.29, 1.82) is 0 Å². The Bertz CT molecular complexity index is 465. The zero-order valence-electron chi connectivity index (χ0n) is 8.38. The fourth-order valence-corrected chi connectivity index (χ4v) is 2.56. The van der Waals surface area contributed by atoms with Crippen LogP contribution >= 0.6 is 11.6 Å². The van der Waals surface area contributed by atoms with E-state index in [1.807, 2.05) is 0 Å². The van der Waals surface area contributed by atoms with E-state index in [-0.39, 0.29) is 17.3 Å². The second-order valence-corrected chi connectivity index (χ2v) is 5.47. The summed E-state index contributed by atoms with van der Waals surface area (Å²) in [6.07, 6.45) is 0. The summed E-state index contributed by atoms with van der Waals surface area (Å²) in [5.74, 6) is -0.114. The van der Waals surface area contributed by atoms with Crippen molar-refractivity contribution in [1.82, 2.24) is 20.2 Å². The number of hydrogen-bond donors (Lipinski definition) is 0. The monoisotopic (exact) mass is 250 g/mol. The molecule has 0 N–H and O–H groups in total. The van der Waals surface area contributed by atoms with Gasteiger partial charge in [-0.1, -0.05) is 11.6 Å². The molecule has 84 valence electrons. The summed E-state index contributed by atoms with van der Waals surface area (Å²) in [7, 11) is -1.69. The van der Waals surface area contributed by atoms with Crippen LogP contribution in [-0.2, 0) is 22.6 Å². The second kappa shape index (κ2) is 4.71. The van der Waals surface area contributed by atoms with Crippen LogP contribution < -0.4 is 0 Å². The van der Waals surface area contributed by atoms with Crippen LogP contribution in [-0.4, -0.2) is 34.4 Å². The first-order valence-corrected chi connectivity index (χ1v) is 6.38. The molecule has 0 saturated carbocycles. The molecule has 0 aliphatic carbocycles. The molecule has 1 aromatic heterocycles. The van der Waals surface area contributed by atoms with E-state index in [1.54, 1.807) is 14.0 Å². The van der Waals surface area contributed by atoms with Gasteiger partial charge in [-0.15, -0.1) is 10.2 Å². The molecule has 0 spiro atoms. The molecule has 0 aliphatic rings. The van der Waals surface area contributed by atoms with Gasteiger partial charge in [0.1, 0.15) is 5.75 Å². The molecular weight excluding hydrogens is 240 g/mol. The van der Waals surface area contributed by atoms with Gasteiger partial charge in [0.2, 0.25) is 0 Å². The number of rotatable bonds is 4. The summed E-state index contributed by atoms with van der Waals surface area (Å²) >= 11 is 5.39. The maximum atomic E-state index is 11.6. The van der Waals surface area contributed by atoms with Gasteiger partial charge in [0, 0.05) is 5.54 Å². The maximum Gasteiger partial charge on any atom is 0.189 e. The summed E-state index contributed by atoms with van der Waals surface area (Å²) in [6, 6.07) is 0. The normalized spacial score (nSPS) is 13.1. The summed E-state index contributed by atoms with van der Waals surface area (Å²) in [4.78, 5) is 1.22. The highest BCUT2D eigenvalue weighted by Crippen LogP contribution is 2.06. The zero-order valence-corrected chi connectivity index (χ0v) is 9.96. The Kier molecular flexibility index (Phi) is 3.81. The summed E-state index contributed by atoms with van der Waals surface area (Å²) in [6.45, 7) is 1.65. The van der Waals surface area contributed by atoms with Crippen LogP contribution in [0.4, 0.5) is 0 Å². The third kappa shape index (κ3) is 3.96. The van der Waals surface area contributed by atoms with Gasteiger partial charge in [-0.25, -0.2) is 8.42 Å². The van der Waals surface area contributed by atoms with Crippen LogP contribution in [0.1, 0.15) is 12.7 Å². The van der Waals surface area contributed by atoms with Crippen LogP contribution in [0.25, 0.3) is 0 Å². The first-order chi connectivity index (χ1) is 6.93. The minimum Gasteiger partial charge on any atom is -0.228 e. The molecule has 15 heavy (non-hydrogen) atoms. The van der Waals surface area contributed by atoms with Crippen LogP contribution in [0.2, 0.25) is 0 Å². The number of aromatic nitrogens is 4. The Morgan fingerprint density at radius 1 is 1.60 bits per heavy atom. The molecule has 1 rings (SSSR count). The van der Waals surface area contributed by atoms with Crippen LogP contribution in [0.3, 0.4) is 0 Å². The molecule has 0 unspecified atom stereocenters. The highest BCUT2D eigenvalue weighted by Gasteiger charge is 2.16. The number of nitrogens with zero attached hydrogens (tertiary/aromatic N) is 4. The van der Waals surface area contributed by atoms with Gasteiger partial charge in [-0.05, 0) is 17.7 Å². The molecule has 6 nitrogen and oxygen atoms in total. The van der Waals surface area contributed by atoms with Crippen LogP contribution in [0.5, 0.6) is 0 Å². The topological polar surface area (TPSA) is 77.7 Å². The lowest BCUT2D eigenvalue weighted by Gasteiger charge is -2.00. The van der Waals surface area contributed by atoms with Crippen molar-refractivity contribution in [2.24, 2.45) is 7.05 Å². The van der Waals surface area contributed by atoms with Gasteiger partial charge < -0.3 is 0 Å². The lowest BCUT2D eigenvalue weighted by Crippen LogP contribution is -2.11. The lowest BCUT2D eigenvalue weighted by molar-refractivity contribution is 0.595. The van der Waals surface area contributed by atoms with E-state index in [0.717, 1.165) is 0 Å². The predicted molar refractivity (Wildman–Crippen MR) is 55.9 cm³/mol. The van der Waals surface area contributed by atoms with Gasteiger partial charge in [-0.3, -0.25) is 0 Å². The van der Waals surface area contributed by atoms with E-state index < -0.39 is 9.84 Å². The van der Waals surface area contributed by atoms with Crippen molar-refractivity contribution in [2.45, 2.75) is 12.7 Å². The Hall–Kier alpha value is -0.950. The Morgan fingerprint density at radius 3 is 2.73 bits per heavy atom. The highest BCUT2D eigenvalue weighted by molar-refractivity contribution is 7.90. The fourth-order valence-electron chi connectivity index (χ4n) is 1.01. The van der Waals surface area contributed by atoms with Crippen LogP contribution in [0.15, 0.2) is 11.1 Å². The second-order valence-electron chi connectivity index (χ2n) is 3.18. The molecule has 0 aliphatic heterocycles. The molecule has 1 aromatic rings. The van der Waals surface area contributed by atoms with E-state index in [4.69, 9.17) is 11.6 Å². The third-order valence-electron chi connectivity index (χ3n) is 1.53. The van der Waals surface area contributed by atoms with Crippen molar-refractivity contribution in [3.05, 3.63) is 16.9 Å². The summed E-state index contributed by atoms with van der Waals surface area (Å²) in [5, 5.41) is 10.9. The third-order valence-corrected chi connectivity index (χ3v) is 3.50. The van der Waals surface area contributed by atoms with Gasteiger partial charge >= 0.3 is 0 Å². The quantitative estimate of drug-likeness (QED) is 0.766. The smallest absolute Gasteiger partial charge is 0.189 e. The van der Waals surface area contributed by atoms with E-state index in [9.17, 15) is 8.42 Å². The average molecular weight is 251 g/mol. The summed E-state index contributed by atoms with van der Waals surface area (Å²) in [5.41, 5.74) is 1.84. The standard InChI is InChI=1S/C7H11ClN4O2S/c1-6(3-8)4-15(13,14)5-7-9-11-12(2)10-7/h3H,4-5H2,1-2H3/b6-3+. The predicted octanol–water partition coefficient (Wildman–Crippen LogP) is 0.268. The van der Waals surface area contributed by atoms with Crippen molar-refractivity contribution < 1.29 is 8.42 Å². The first kappa shape index (κ1) is 12.1. The molecule has 0 amide bonds. The fraction of sp³-hybridized carbons (Fsp3) is 0.571. The average Bonchev–Trinajstić information content (AvgIpc) is 2.49. The zero-order chi connectivity index (χ0) is 11.5. The van der Waals surface area contributed by atoms with E-state index in [1.165, 1.54) is 10.3 Å². The minimum atomic E-state index is -3.26. The number of aryl methyl sites for hydroxylation is 1. The molecule has 0 radical (unpaired) electrons. The summed E-state index contributed by atoms with van der Waals surface area (Å²) < 4.78 is 23.1. The Morgan fingerprint density at radius 2 is 2.27 bits per heavy atom. The highest BCUT2D eigenvalue weighted by atomic mass is 35.5. The van der Waals surface area contributed by atoms with Gasteiger partial charge in [0.05, 0.1) is 12.8 Å². The minimum absolute atomic E-state index is 0.0885.